The van der Waals surface area contributed by atoms with E-state index < -0.39 is 31.1 Å². The van der Waals surface area contributed by atoms with Crippen LogP contribution in [0, 0.1) is 6.92 Å². The van der Waals surface area contributed by atoms with E-state index in [-0.39, 0.29) is 42.5 Å². The lowest BCUT2D eigenvalue weighted by Crippen LogP contribution is -2.21. The quantitative estimate of drug-likeness (QED) is 0.219. The molecule has 3 aromatic heterocycles. The third-order valence-electron chi connectivity index (χ3n) is 7.08. The molecule has 8 bridgehead atoms. The van der Waals surface area contributed by atoms with Crippen molar-refractivity contribution in [2.24, 2.45) is 0 Å². The van der Waals surface area contributed by atoms with Crippen LogP contribution >= 0.6 is 7.60 Å². The molecule has 0 saturated carbocycles. The molecule has 1 atom stereocenters. The molecule has 0 spiro atoms. The molecule has 0 aliphatic carbocycles. The van der Waals surface area contributed by atoms with E-state index in [4.69, 9.17) is 13.8 Å². The molecule has 0 unspecified atom stereocenters. The molecule has 0 radical (unpaired) electrons. The average molecular weight is 661 g/mol. The molecule has 0 fully saturated rings. The standard InChI is InChI=1S/C29H32F3N8O5P/c1-5-44-46(42)16-18-7-8-22(24(13-18)43-4)38-28-34-15-20(29(30,31)32)26(39-28)37-23-10-9-21(36-25(23)27(41)33-3)19-14-35-40(17(19)2)11-6-12-45-46/h7-10,13-15H,5-6,11-12,16H2,1-4H3,(H,33,41)(H2,34,37,38,39)/t46-/m1/s1. The minimum atomic E-state index is -4.83. The number of pyridine rings is 1. The lowest BCUT2D eigenvalue weighted by Gasteiger charge is -2.19. The molecule has 4 aliphatic rings. The Labute approximate surface area is 262 Å². The maximum atomic E-state index is 14.1. The van der Waals surface area contributed by atoms with Crippen LogP contribution < -0.4 is 20.7 Å². The fourth-order valence-corrected chi connectivity index (χ4v) is 6.52. The predicted molar refractivity (Wildman–Crippen MR) is 164 cm³/mol. The Kier molecular flexibility index (Phi) is 9.60. The molecule has 7 heterocycles. The van der Waals surface area contributed by atoms with Gasteiger partial charge in [-0.25, -0.2) is 9.97 Å². The summed E-state index contributed by atoms with van der Waals surface area (Å²) < 4.78 is 74.4. The van der Waals surface area contributed by atoms with Crippen LogP contribution in [0.25, 0.3) is 11.3 Å². The zero-order valence-electron chi connectivity index (χ0n) is 25.4. The van der Waals surface area contributed by atoms with Crippen molar-refractivity contribution in [1.82, 2.24) is 30.0 Å². The Morgan fingerprint density at radius 2 is 1.93 bits per heavy atom. The van der Waals surface area contributed by atoms with Gasteiger partial charge in [-0.2, -0.15) is 23.3 Å². The lowest BCUT2D eigenvalue weighted by molar-refractivity contribution is -0.137. The number of hydrogen-bond acceptors (Lipinski definition) is 11. The molecule has 3 N–H and O–H groups in total. The minimum absolute atomic E-state index is 0.0109. The van der Waals surface area contributed by atoms with Gasteiger partial charge >= 0.3 is 13.8 Å². The number of carbonyl (C=O) groups excluding carboxylic acids is 1. The topological polar surface area (TPSA) is 154 Å². The summed E-state index contributed by atoms with van der Waals surface area (Å²) in [5, 5.41) is 12.4. The maximum Gasteiger partial charge on any atom is 0.421 e. The van der Waals surface area contributed by atoms with Crippen molar-refractivity contribution >= 4 is 36.6 Å². The number of rotatable bonds is 4. The van der Waals surface area contributed by atoms with Gasteiger partial charge in [0.25, 0.3) is 5.91 Å². The van der Waals surface area contributed by atoms with Gasteiger partial charge in [0.1, 0.15) is 17.1 Å². The van der Waals surface area contributed by atoms with Gasteiger partial charge in [0.2, 0.25) is 5.95 Å². The van der Waals surface area contributed by atoms with Gasteiger partial charge in [0.15, 0.2) is 5.69 Å². The second-order valence-electron chi connectivity index (χ2n) is 10.2. The van der Waals surface area contributed by atoms with Gasteiger partial charge in [0.05, 0.1) is 49.8 Å². The van der Waals surface area contributed by atoms with E-state index in [1.807, 2.05) is 6.92 Å². The van der Waals surface area contributed by atoms with Crippen LogP contribution in [0.1, 0.15) is 40.7 Å². The van der Waals surface area contributed by atoms with Crippen molar-refractivity contribution in [2.45, 2.75) is 39.2 Å². The van der Waals surface area contributed by atoms with E-state index in [9.17, 15) is 22.5 Å². The SMILES string of the molecule is CCO[P@]1(=O)Cc2ccc(c(OC)c2)Nc2ncc(C(F)(F)F)c(n2)Nc2ccc(nc2C(=O)NC)-c2cnn(c2C)CCCO1. The highest BCUT2D eigenvalue weighted by molar-refractivity contribution is 7.53. The first-order chi connectivity index (χ1) is 21.9. The molecule has 1 aromatic carbocycles. The number of aromatic nitrogens is 5. The minimum Gasteiger partial charge on any atom is -0.495 e. The van der Waals surface area contributed by atoms with Crippen molar-refractivity contribution in [2.75, 3.05) is 38.0 Å². The number of anilines is 4. The van der Waals surface area contributed by atoms with Crippen molar-refractivity contribution in [1.29, 1.82) is 0 Å². The summed E-state index contributed by atoms with van der Waals surface area (Å²) in [5.74, 6) is -1.15. The van der Waals surface area contributed by atoms with E-state index in [2.05, 4.69) is 36.0 Å². The van der Waals surface area contributed by atoms with Crippen LogP contribution in [0.4, 0.5) is 36.3 Å². The molecule has 46 heavy (non-hydrogen) atoms. The molecule has 8 rings (SSSR count). The molecular formula is C29H32F3N8O5P. The number of alkyl halides is 3. The molecule has 0 saturated heterocycles. The second kappa shape index (κ2) is 13.4. The van der Waals surface area contributed by atoms with Gasteiger partial charge in [-0.3, -0.25) is 14.0 Å². The van der Waals surface area contributed by atoms with Crippen LogP contribution in [0.5, 0.6) is 5.75 Å². The first-order valence-corrected chi connectivity index (χ1v) is 16.0. The Balaban J connectivity index is 1.64. The van der Waals surface area contributed by atoms with E-state index in [0.717, 1.165) is 5.69 Å². The zero-order valence-corrected chi connectivity index (χ0v) is 26.3. The smallest absolute Gasteiger partial charge is 0.421 e. The second-order valence-corrected chi connectivity index (χ2v) is 12.2. The number of aryl methyl sites for hydroxylation is 1. The number of halogens is 3. The highest BCUT2D eigenvalue weighted by Crippen LogP contribution is 2.52. The lowest BCUT2D eigenvalue weighted by atomic mass is 10.1. The van der Waals surface area contributed by atoms with Gasteiger partial charge in [-0.05, 0) is 50.1 Å². The van der Waals surface area contributed by atoms with Gasteiger partial charge in [0, 0.05) is 31.0 Å². The van der Waals surface area contributed by atoms with Crippen LogP contribution in [-0.2, 0) is 32.5 Å². The van der Waals surface area contributed by atoms with Crippen molar-refractivity contribution in [3.63, 3.8) is 0 Å². The molecule has 244 valence electrons. The van der Waals surface area contributed by atoms with Gasteiger partial charge in [-0.15, -0.1) is 0 Å². The maximum absolute atomic E-state index is 14.1. The van der Waals surface area contributed by atoms with E-state index >= 15 is 0 Å². The number of amides is 1. The summed E-state index contributed by atoms with van der Waals surface area (Å²) in [4.78, 5) is 25.4. The normalized spacial score (nSPS) is 16.9. The van der Waals surface area contributed by atoms with Gasteiger partial charge < -0.3 is 29.7 Å². The number of methoxy groups -OCH3 is 1. The molecule has 4 aromatic rings. The Morgan fingerprint density at radius 1 is 1.15 bits per heavy atom. The summed E-state index contributed by atoms with van der Waals surface area (Å²) in [6, 6.07) is 7.88. The number of benzene rings is 1. The van der Waals surface area contributed by atoms with Crippen LogP contribution in [0.2, 0.25) is 0 Å². The predicted octanol–water partition coefficient (Wildman–Crippen LogP) is 6.07. The number of carbonyl (C=O) groups is 1. The van der Waals surface area contributed by atoms with Crippen molar-refractivity contribution < 1.29 is 36.3 Å². The van der Waals surface area contributed by atoms with Crippen molar-refractivity contribution in [3.05, 3.63) is 65.2 Å². The van der Waals surface area contributed by atoms with Gasteiger partial charge in [-0.1, -0.05) is 6.07 Å². The summed E-state index contributed by atoms with van der Waals surface area (Å²) in [6.45, 7) is 4.26. The number of nitrogens with zero attached hydrogens (tertiary/aromatic N) is 5. The first kappa shape index (κ1) is 32.9. The van der Waals surface area contributed by atoms with E-state index in [1.54, 1.807) is 42.1 Å². The Morgan fingerprint density at radius 3 is 2.65 bits per heavy atom. The highest BCUT2D eigenvalue weighted by Gasteiger charge is 2.36. The van der Waals surface area contributed by atoms with Crippen molar-refractivity contribution in [3.8, 4) is 17.0 Å². The fourth-order valence-electron chi connectivity index (χ4n) is 4.82. The number of nitrogens with one attached hydrogen (secondary N) is 3. The molecular weight excluding hydrogens is 628 g/mol. The Hall–Kier alpha value is -4.53. The van der Waals surface area contributed by atoms with Crippen LogP contribution in [0.3, 0.4) is 0 Å². The largest absolute Gasteiger partial charge is 0.495 e. The number of hydrogen-bond donors (Lipinski definition) is 3. The monoisotopic (exact) mass is 660 g/mol. The highest BCUT2D eigenvalue weighted by atomic mass is 31.2. The summed E-state index contributed by atoms with van der Waals surface area (Å²) in [5.41, 5.74) is 1.30. The Bertz CT molecular complexity index is 1800. The molecule has 4 aliphatic heterocycles. The first-order valence-electron chi connectivity index (χ1n) is 14.2. The molecule has 13 nitrogen and oxygen atoms in total. The van der Waals surface area contributed by atoms with Crippen LogP contribution in [0.15, 0.2) is 42.7 Å². The third-order valence-corrected chi connectivity index (χ3v) is 9.06. The third kappa shape index (κ3) is 7.14. The average Bonchev–Trinajstić information content (AvgIpc) is 3.38. The summed E-state index contributed by atoms with van der Waals surface area (Å²) in [6.07, 6.45) is -2.19. The summed E-state index contributed by atoms with van der Waals surface area (Å²) in [7, 11) is -0.765. The van der Waals surface area contributed by atoms with E-state index in [1.165, 1.54) is 20.2 Å². The number of ether oxygens (including phenoxy) is 1. The summed E-state index contributed by atoms with van der Waals surface area (Å²) >= 11 is 0. The van der Waals surface area contributed by atoms with Crippen LogP contribution in [-0.4, -0.2) is 58.0 Å². The molecule has 1 amide bonds. The zero-order chi connectivity index (χ0) is 33.1. The van der Waals surface area contributed by atoms with E-state index in [0.29, 0.717) is 41.7 Å². The molecule has 17 heteroatoms. The fraction of sp³-hybridized carbons (Fsp3) is 0.345.